The summed E-state index contributed by atoms with van der Waals surface area (Å²) in [7, 11) is 0. The summed E-state index contributed by atoms with van der Waals surface area (Å²) >= 11 is 0. The zero-order chi connectivity index (χ0) is 9.42. The van der Waals surface area contributed by atoms with Crippen LogP contribution in [-0.4, -0.2) is 16.3 Å². The molecule has 0 amide bonds. The molecule has 1 aromatic rings. The lowest BCUT2D eigenvalue weighted by atomic mass is 9.77. The zero-order valence-electron chi connectivity index (χ0n) is 7.07. The van der Waals surface area contributed by atoms with E-state index in [4.69, 9.17) is 5.11 Å². The summed E-state index contributed by atoms with van der Waals surface area (Å²) in [5.74, 6) is -0.899. The molecule has 0 aromatic heterocycles. The highest BCUT2D eigenvalue weighted by Crippen LogP contribution is 2.37. The number of hydrogen-bond donors (Lipinski definition) is 2. The molecule has 1 aliphatic carbocycles. The van der Waals surface area contributed by atoms with Crippen LogP contribution >= 0.6 is 0 Å². The Morgan fingerprint density at radius 3 is 2.54 bits per heavy atom. The Hall–Kier alpha value is -1.09. The molecule has 2 atom stereocenters. The molecule has 0 heterocycles. The van der Waals surface area contributed by atoms with Crippen LogP contribution in [0.25, 0.3) is 0 Å². The first kappa shape index (κ1) is 8.51. The number of aliphatic hydroxyl groups excluding tert-OH is 1. The highest BCUT2D eigenvalue weighted by molar-refractivity contribution is 5.31. The Labute approximate surface area is 75.6 Å². The first-order valence-electron chi connectivity index (χ1n) is 4.35. The number of rotatable bonds is 1. The Kier molecular flexibility index (Phi) is 1.96. The van der Waals surface area contributed by atoms with Crippen molar-refractivity contribution in [2.45, 2.75) is 24.9 Å². The van der Waals surface area contributed by atoms with Crippen molar-refractivity contribution in [3.05, 3.63) is 29.6 Å². The number of phenolic OH excluding ortho intramolecular Hbond substituents is 1. The highest BCUT2D eigenvalue weighted by atomic mass is 19.1. The average Bonchev–Trinajstić information content (AvgIpc) is 2.09. The van der Waals surface area contributed by atoms with Gasteiger partial charge in [0, 0.05) is 5.92 Å². The number of aromatic hydroxyl groups is 1. The number of benzene rings is 1. The van der Waals surface area contributed by atoms with Gasteiger partial charge in [0.15, 0.2) is 11.6 Å². The molecule has 0 spiro atoms. The zero-order valence-corrected chi connectivity index (χ0v) is 7.07. The van der Waals surface area contributed by atoms with Crippen LogP contribution in [0.5, 0.6) is 5.75 Å². The predicted molar refractivity (Wildman–Crippen MR) is 46.0 cm³/mol. The van der Waals surface area contributed by atoms with Crippen molar-refractivity contribution in [2.24, 2.45) is 0 Å². The summed E-state index contributed by atoms with van der Waals surface area (Å²) in [5, 5.41) is 18.3. The van der Waals surface area contributed by atoms with Gasteiger partial charge < -0.3 is 10.2 Å². The van der Waals surface area contributed by atoms with E-state index in [-0.39, 0.29) is 17.8 Å². The van der Waals surface area contributed by atoms with Gasteiger partial charge in [-0.1, -0.05) is 6.07 Å². The molecule has 1 fully saturated rings. The first-order chi connectivity index (χ1) is 6.18. The lowest BCUT2D eigenvalue weighted by Gasteiger charge is -2.32. The fourth-order valence-electron chi connectivity index (χ4n) is 1.63. The van der Waals surface area contributed by atoms with Gasteiger partial charge in [0.05, 0.1) is 6.10 Å². The van der Waals surface area contributed by atoms with Gasteiger partial charge in [0.25, 0.3) is 0 Å². The molecule has 3 heteroatoms. The topological polar surface area (TPSA) is 40.5 Å². The van der Waals surface area contributed by atoms with Crippen molar-refractivity contribution in [1.29, 1.82) is 0 Å². The Balaban J connectivity index is 2.26. The summed E-state index contributed by atoms with van der Waals surface area (Å²) in [6.45, 7) is 0. The Bertz CT molecular complexity index is 325. The van der Waals surface area contributed by atoms with E-state index in [0.717, 1.165) is 18.4 Å². The molecule has 0 bridgehead atoms. The van der Waals surface area contributed by atoms with Crippen LogP contribution in [0, 0.1) is 5.82 Å². The maximum Gasteiger partial charge on any atom is 0.165 e. The molecule has 0 saturated heterocycles. The quantitative estimate of drug-likeness (QED) is 0.694. The van der Waals surface area contributed by atoms with Crippen LogP contribution in [0.2, 0.25) is 0 Å². The number of hydrogen-bond acceptors (Lipinski definition) is 2. The minimum Gasteiger partial charge on any atom is -0.505 e. The van der Waals surface area contributed by atoms with E-state index in [1.54, 1.807) is 6.07 Å². The minimum atomic E-state index is -0.614. The van der Waals surface area contributed by atoms with Crippen LogP contribution in [0.3, 0.4) is 0 Å². The van der Waals surface area contributed by atoms with E-state index in [1.165, 1.54) is 12.1 Å². The monoisotopic (exact) mass is 182 g/mol. The SMILES string of the molecule is Oc1ccc(C2CCC2O)cc1F. The van der Waals surface area contributed by atoms with Crippen LogP contribution in [0.1, 0.15) is 24.3 Å². The first-order valence-corrected chi connectivity index (χ1v) is 4.35. The lowest BCUT2D eigenvalue weighted by molar-refractivity contribution is 0.0660. The molecule has 70 valence electrons. The van der Waals surface area contributed by atoms with Crippen LogP contribution in [0.15, 0.2) is 18.2 Å². The van der Waals surface area contributed by atoms with Gasteiger partial charge in [-0.05, 0) is 30.5 Å². The summed E-state index contributed by atoms with van der Waals surface area (Å²) < 4.78 is 12.9. The maximum atomic E-state index is 12.9. The summed E-state index contributed by atoms with van der Waals surface area (Å²) in [4.78, 5) is 0. The highest BCUT2D eigenvalue weighted by Gasteiger charge is 2.30. The molecule has 1 aliphatic rings. The molecule has 0 aliphatic heterocycles. The predicted octanol–water partition coefficient (Wildman–Crippen LogP) is 1.77. The average molecular weight is 182 g/mol. The largest absolute Gasteiger partial charge is 0.505 e. The third-order valence-corrected chi connectivity index (χ3v) is 2.64. The van der Waals surface area contributed by atoms with Crippen molar-refractivity contribution in [1.82, 2.24) is 0 Å². The number of halogens is 1. The molecule has 1 aromatic carbocycles. The van der Waals surface area contributed by atoms with E-state index in [9.17, 15) is 9.50 Å². The van der Waals surface area contributed by atoms with E-state index in [2.05, 4.69) is 0 Å². The van der Waals surface area contributed by atoms with E-state index in [1.807, 2.05) is 0 Å². The number of phenols is 1. The molecular weight excluding hydrogens is 171 g/mol. The second-order valence-electron chi connectivity index (χ2n) is 3.46. The Morgan fingerprint density at radius 1 is 1.31 bits per heavy atom. The molecular formula is C10H11FO2. The molecule has 0 radical (unpaired) electrons. The van der Waals surface area contributed by atoms with Gasteiger partial charge in [-0.25, -0.2) is 4.39 Å². The van der Waals surface area contributed by atoms with E-state index < -0.39 is 5.82 Å². The van der Waals surface area contributed by atoms with Gasteiger partial charge in [0.2, 0.25) is 0 Å². The smallest absolute Gasteiger partial charge is 0.165 e. The second-order valence-corrected chi connectivity index (χ2v) is 3.46. The summed E-state index contributed by atoms with van der Waals surface area (Å²) in [6.07, 6.45) is 1.34. The van der Waals surface area contributed by atoms with Crippen molar-refractivity contribution < 1.29 is 14.6 Å². The van der Waals surface area contributed by atoms with Gasteiger partial charge in [0.1, 0.15) is 0 Å². The van der Waals surface area contributed by atoms with Crippen molar-refractivity contribution in [3.8, 4) is 5.75 Å². The van der Waals surface area contributed by atoms with E-state index >= 15 is 0 Å². The molecule has 2 unspecified atom stereocenters. The molecule has 2 nitrogen and oxygen atoms in total. The molecule has 2 N–H and O–H groups in total. The Morgan fingerprint density at radius 2 is 2.08 bits per heavy atom. The third-order valence-electron chi connectivity index (χ3n) is 2.64. The van der Waals surface area contributed by atoms with Gasteiger partial charge in [-0.15, -0.1) is 0 Å². The van der Waals surface area contributed by atoms with Gasteiger partial charge >= 0.3 is 0 Å². The van der Waals surface area contributed by atoms with Crippen LogP contribution < -0.4 is 0 Å². The number of aliphatic hydroxyl groups is 1. The van der Waals surface area contributed by atoms with Crippen molar-refractivity contribution >= 4 is 0 Å². The lowest BCUT2D eigenvalue weighted by Crippen LogP contribution is -2.28. The van der Waals surface area contributed by atoms with Crippen LogP contribution in [0.4, 0.5) is 4.39 Å². The van der Waals surface area contributed by atoms with Crippen molar-refractivity contribution in [3.63, 3.8) is 0 Å². The summed E-state index contributed by atoms with van der Waals surface area (Å²) in [6, 6.07) is 4.28. The molecule has 13 heavy (non-hydrogen) atoms. The minimum absolute atomic E-state index is 0.0510. The standard InChI is InChI=1S/C10H11FO2/c11-8-5-6(1-3-10(8)13)7-2-4-9(7)12/h1,3,5,7,9,12-13H,2,4H2. The molecule has 1 saturated carbocycles. The fraction of sp³-hybridized carbons (Fsp3) is 0.400. The van der Waals surface area contributed by atoms with Gasteiger partial charge in [-0.3, -0.25) is 0 Å². The second kappa shape index (κ2) is 3.00. The maximum absolute atomic E-state index is 12.9. The van der Waals surface area contributed by atoms with Crippen molar-refractivity contribution in [2.75, 3.05) is 0 Å². The van der Waals surface area contributed by atoms with Crippen LogP contribution in [-0.2, 0) is 0 Å². The third kappa shape index (κ3) is 1.40. The summed E-state index contributed by atoms with van der Waals surface area (Å²) in [5.41, 5.74) is 0.772. The van der Waals surface area contributed by atoms with Gasteiger partial charge in [-0.2, -0.15) is 0 Å². The van der Waals surface area contributed by atoms with E-state index in [0.29, 0.717) is 0 Å². The normalized spacial score (nSPS) is 26.9. The molecule has 2 rings (SSSR count). The fourth-order valence-corrected chi connectivity index (χ4v) is 1.63.